The number of halogens is 1. The van der Waals surface area contributed by atoms with Crippen molar-refractivity contribution in [2.24, 2.45) is 0 Å². The zero-order valence-corrected chi connectivity index (χ0v) is 14.9. The first-order valence-corrected chi connectivity index (χ1v) is 8.14. The van der Waals surface area contributed by atoms with Gasteiger partial charge in [0.05, 0.1) is 16.8 Å². The van der Waals surface area contributed by atoms with Gasteiger partial charge in [-0.25, -0.2) is 0 Å². The maximum atomic E-state index is 12.5. The number of carbonyl (C=O) groups is 1. The Balaban J connectivity index is 2.26. The Labute approximate surface area is 143 Å². The molecule has 0 aliphatic rings. The van der Waals surface area contributed by atoms with Gasteiger partial charge in [-0.1, -0.05) is 12.1 Å². The molecule has 0 bridgehead atoms. The number of rotatable bonds is 5. The highest BCUT2D eigenvalue weighted by Crippen LogP contribution is 2.24. The molecule has 23 heavy (non-hydrogen) atoms. The summed E-state index contributed by atoms with van der Waals surface area (Å²) in [6, 6.07) is 8.30. The summed E-state index contributed by atoms with van der Waals surface area (Å²) in [6.45, 7) is 5.94. The van der Waals surface area contributed by atoms with Crippen LogP contribution in [0.3, 0.4) is 0 Å². The zero-order valence-electron chi connectivity index (χ0n) is 13.3. The molecular formula is C17H19BrN2O3. The van der Waals surface area contributed by atoms with Gasteiger partial charge in [-0.05, 0) is 60.5 Å². The van der Waals surface area contributed by atoms with Crippen LogP contribution < -0.4 is 15.6 Å². The molecule has 0 aliphatic heterocycles. The molecule has 1 aromatic carbocycles. The van der Waals surface area contributed by atoms with Gasteiger partial charge in [0, 0.05) is 6.20 Å². The topological polar surface area (TPSA) is 60.3 Å². The summed E-state index contributed by atoms with van der Waals surface area (Å²) in [5.41, 5.74) is 1.24. The molecule has 6 heteroatoms. The first-order valence-electron chi connectivity index (χ1n) is 7.35. The predicted octanol–water partition coefficient (Wildman–Crippen LogP) is 3.52. The van der Waals surface area contributed by atoms with E-state index >= 15 is 0 Å². The standard InChI is InChI=1S/C17H19BrN2O3/c1-4-23-15-8-6-5-7-14(15)19-16(21)12(3)20-10-11(2)9-13(18)17(20)22/h5-10,12H,4H2,1-3H3,(H,19,21). The van der Waals surface area contributed by atoms with Crippen molar-refractivity contribution in [2.45, 2.75) is 26.8 Å². The number of aromatic nitrogens is 1. The smallest absolute Gasteiger partial charge is 0.265 e. The highest BCUT2D eigenvalue weighted by atomic mass is 79.9. The number of aryl methyl sites for hydroxylation is 1. The third-order valence-electron chi connectivity index (χ3n) is 3.38. The summed E-state index contributed by atoms with van der Waals surface area (Å²) < 4.78 is 7.35. The highest BCUT2D eigenvalue weighted by Gasteiger charge is 2.18. The molecular weight excluding hydrogens is 360 g/mol. The Morgan fingerprint density at radius 1 is 1.39 bits per heavy atom. The Hall–Kier alpha value is -2.08. The normalized spacial score (nSPS) is 11.8. The molecule has 1 unspecified atom stereocenters. The lowest BCUT2D eigenvalue weighted by Crippen LogP contribution is -2.32. The number of ether oxygens (including phenoxy) is 1. The Morgan fingerprint density at radius 3 is 2.78 bits per heavy atom. The number of amides is 1. The van der Waals surface area contributed by atoms with Crippen molar-refractivity contribution < 1.29 is 9.53 Å². The van der Waals surface area contributed by atoms with Crippen LogP contribution >= 0.6 is 15.9 Å². The van der Waals surface area contributed by atoms with Gasteiger partial charge in [0.1, 0.15) is 11.8 Å². The van der Waals surface area contributed by atoms with E-state index in [1.807, 2.05) is 26.0 Å². The molecule has 0 fully saturated rings. The number of para-hydroxylation sites is 2. The minimum absolute atomic E-state index is 0.239. The molecule has 0 saturated heterocycles. The third-order valence-corrected chi connectivity index (χ3v) is 3.95. The number of nitrogens with one attached hydrogen (secondary N) is 1. The van der Waals surface area contributed by atoms with Crippen molar-refractivity contribution in [3.63, 3.8) is 0 Å². The molecule has 1 aromatic heterocycles. The van der Waals surface area contributed by atoms with Gasteiger partial charge in [-0.15, -0.1) is 0 Å². The number of hydrogen-bond acceptors (Lipinski definition) is 3. The van der Waals surface area contributed by atoms with Crippen LogP contribution in [-0.2, 0) is 4.79 Å². The second-order valence-electron chi connectivity index (χ2n) is 5.17. The van der Waals surface area contributed by atoms with Crippen LogP contribution in [0.1, 0.15) is 25.5 Å². The van der Waals surface area contributed by atoms with Gasteiger partial charge >= 0.3 is 0 Å². The fourth-order valence-corrected chi connectivity index (χ4v) is 2.77. The largest absolute Gasteiger partial charge is 0.492 e. The molecule has 5 nitrogen and oxygen atoms in total. The van der Waals surface area contributed by atoms with Crippen molar-refractivity contribution in [1.29, 1.82) is 0 Å². The van der Waals surface area contributed by atoms with Crippen LogP contribution in [0.25, 0.3) is 0 Å². The van der Waals surface area contributed by atoms with Crippen LogP contribution in [0.15, 0.2) is 45.8 Å². The first-order chi connectivity index (χ1) is 10.9. The van der Waals surface area contributed by atoms with Gasteiger partial charge in [-0.2, -0.15) is 0 Å². The number of nitrogens with zero attached hydrogens (tertiary/aromatic N) is 1. The van der Waals surface area contributed by atoms with Crippen LogP contribution in [-0.4, -0.2) is 17.1 Å². The van der Waals surface area contributed by atoms with E-state index in [-0.39, 0.29) is 11.5 Å². The van der Waals surface area contributed by atoms with Gasteiger partial charge in [-0.3, -0.25) is 9.59 Å². The highest BCUT2D eigenvalue weighted by molar-refractivity contribution is 9.10. The van der Waals surface area contributed by atoms with E-state index in [0.29, 0.717) is 22.5 Å². The number of benzene rings is 1. The molecule has 1 N–H and O–H groups in total. The van der Waals surface area contributed by atoms with Crippen molar-refractivity contribution in [3.8, 4) is 5.75 Å². The second kappa shape index (κ2) is 7.46. The van der Waals surface area contributed by atoms with Crippen molar-refractivity contribution in [3.05, 3.63) is 56.9 Å². The summed E-state index contributed by atoms with van der Waals surface area (Å²) in [7, 11) is 0. The summed E-state index contributed by atoms with van der Waals surface area (Å²) in [5.74, 6) is 0.324. The van der Waals surface area contributed by atoms with E-state index in [9.17, 15) is 9.59 Å². The number of carbonyl (C=O) groups excluding carboxylic acids is 1. The molecule has 0 spiro atoms. The van der Waals surface area contributed by atoms with E-state index in [4.69, 9.17) is 4.74 Å². The van der Waals surface area contributed by atoms with Gasteiger partial charge in [0.2, 0.25) is 5.91 Å². The lowest BCUT2D eigenvalue weighted by atomic mass is 10.2. The minimum Gasteiger partial charge on any atom is -0.492 e. The number of anilines is 1. The molecule has 0 radical (unpaired) electrons. The Bertz CT molecular complexity index is 771. The molecule has 0 aliphatic carbocycles. The molecule has 1 atom stereocenters. The van der Waals surface area contributed by atoms with Gasteiger partial charge in [0.15, 0.2) is 0 Å². The average Bonchev–Trinajstić information content (AvgIpc) is 2.52. The van der Waals surface area contributed by atoms with E-state index in [1.165, 1.54) is 4.57 Å². The number of pyridine rings is 1. The maximum absolute atomic E-state index is 12.5. The summed E-state index contributed by atoms with van der Waals surface area (Å²) in [6.07, 6.45) is 1.67. The summed E-state index contributed by atoms with van der Waals surface area (Å²) in [4.78, 5) is 24.7. The number of hydrogen-bond donors (Lipinski definition) is 1. The minimum atomic E-state index is -0.645. The molecule has 2 aromatic rings. The lowest BCUT2D eigenvalue weighted by Gasteiger charge is -2.17. The van der Waals surface area contributed by atoms with E-state index in [0.717, 1.165) is 5.56 Å². The summed E-state index contributed by atoms with van der Waals surface area (Å²) in [5, 5.41) is 2.82. The van der Waals surface area contributed by atoms with Crippen molar-refractivity contribution >= 4 is 27.5 Å². The monoisotopic (exact) mass is 378 g/mol. The fourth-order valence-electron chi connectivity index (χ4n) is 2.20. The maximum Gasteiger partial charge on any atom is 0.265 e. The van der Waals surface area contributed by atoms with Crippen LogP contribution in [0, 0.1) is 6.92 Å². The average molecular weight is 379 g/mol. The second-order valence-corrected chi connectivity index (χ2v) is 6.03. The first kappa shape index (κ1) is 17.3. The van der Waals surface area contributed by atoms with Crippen LogP contribution in [0.2, 0.25) is 0 Å². The SMILES string of the molecule is CCOc1ccccc1NC(=O)C(C)n1cc(C)cc(Br)c1=O. The fraction of sp³-hybridized carbons (Fsp3) is 0.294. The molecule has 2 rings (SSSR count). The van der Waals surface area contributed by atoms with E-state index < -0.39 is 6.04 Å². The van der Waals surface area contributed by atoms with E-state index in [1.54, 1.807) is 31.3 Å². The molecule has 1 heterocycles. The van der Waals surface area contributed by atoms with Gasteiger partial charge < -0.3 is 14.6 Å². The van der Waals surface area contributed by atoms with Crippen molar-refractivity contribution in [2.75, 3.05) is 11.9 Å². The van der Waals surface area contributed by atoms with Crippen molar-refractivity contribution in [1.82, 2.24) is 4.57 Å². The molecule has 1 amide bonds. The Kier molecular flexibility index (Phi) is 5.60. The zero-order chi connectivity index (χ0) is 17.0. The molecule has 0 saturated carbocycles. The van der Waals surface area contributed by atoms with Crippen LogP contribution in [0.4, 0.5) is 5.69 Å². The van der Waals surface area contributed by atoms with Gasteiger partial charge in [0.25, 0.3) is 5.56 Å². The quantitative estimate of drug-likeness (QED) is 0.865. The molecule has 122 valence electrons. The van der Waals surface area contributed by atoms with Crippen LogP contribution in [0.5, 0.6) is 5.75 Å². The van der Waals surface area contributed by atoms with E-state index in [2.05, 4.69) is 21.2 Å². The third kappa shape index (κ3) is 4.01. The Morgan fingerprint density at radius 2 is 2.09 bits per heavy atom. The lowest BCUT2D eigenvalue weighted by molar-refractivity contribution is -0.118. The predicted molar refractivity (Wildman–Crippen MR) is 94.1 cm³/mol. The summed E-state index contributed by atoms with van der Waals surface area (Å²) >= 11 is 3.23.